The highest BCUT2D eigenvalue weighted by Crippen LogP contribution is 2.66. The van der Waals surface area contributed by atoms with Crippen molar-refractivity contribution in [2.24, 2.45) is 11.8 Å². The van der Waals surface area contributed by atoms with Crippen LogP contribution in [0.25, 0.3) is 0 Å². The average Bonchev–Trinajstić information content (AvgIpc) is 3.34. The molecule has 6 nitrogen and oxygen atoms in total. The first kappa shape index (κ1) is 18.2. The first-order valence-electron chi connectivity index (χ1n) is 9.23. The van der Waals surface area contributed by atoms with Crippen LogP contribution >= 0.6 is 0 Å². The second-order valence-electron chi connectivity index (χ2n) is 7.12. The van der Waals surface area contributed by atoms with Crippen LogP contribution in [0.3, 0.4) is 0 Å². The molecule has 0 spiro atoms. The van der Waals surface area contributed by atoms with Gasteiger partial charge in [-0.15, -0.1) is 0 Å². The second kappa shape index (κ2) is 6.48. The van der Waals surface area contributed by atoms with E-state index >= 15 is 0 Å². The van der Waals surface area contributed by atoms with Gasteiger partial charge in [0.25, 0.3) is 0 Å². The molecule has 1 aliphatic heterocycles. The van der Waals surface area contributed by atoms with Gasteiger partial charge in [0.05, 0.1) is 31.2 Å². The molecule has 0 aromatic heterocycles. The molecule has 144 valence electrons. The molecule has 2 amide bonds. The van der Waals surface area contributed by atoms with Crippen LogP contribution in [0.4, 0.5) is 5.69 Å². The van der Waals surface area contributed by atoms with Gasteiger partial charge in [-0.1, -0.05) is 35.9 Å². The summed E-state index contributed by atoms with van der Waals surface area (Å²) in [6.07, 6.45) is 0. The van der Waals surface area contributed by atoms with Crippen molar-refractivity contribution >= 4 is 23.5 Å². The number of carbonyl (C=O) groups is 3. The maximum atomic E-state index is 13.5. The van der Waals surface area contributed by atoms with Gasteiger partial charge in [0, 0.05) is 6.07 Å². The number of esters is 1. The van der Waals surface area contributed by atoms with E-state index in [-0.39, 0.29) is 12.5 Å². The molecule has 0 bridgehead atoms. The SMILES string of the molecule is CCOC(=O)C1C2C(=O)N(c3cccc(OC)c3)C(=O)C12c1ccc(C)cc1. The van der Waals surface area contributed by atoms with Crippen LogP contribution in [0.15, 0.2) is 48.5 Å². The largest absolute Gasteiger partial charge is 0.497 e. The van der Waals surface area contributed by atoms with E-state index in [0.29, 0.717) is 17.0 Å². The predicted molar refractivity (Wildman–Crippen MR) is 102 cm³/mol. The molecule has 1 heterocycles. The van der Waals surface area contributed by atoms with Crippen molar-refractivity contribution < 1.29 is 23.9 Å². The summed E-state index contributed by atoms with van der Waals surface area (Å²) < 4.78 is 10.4. The fourth-order valence-electron chi connectivity index (χ4n) is 4.28. The molecule has 28 heavy (non-hydrogen) atoms. The molecule has 0 radical (unpaired) electrons. The first-order valence-corrected chi connectivity index (χ1v) is 9.23. The number of anilines is 1. The van der Waals surface area contributed by atoms with Crippen molar-refractivity contribution in [1.82, 2.24) is 0 Å². The summed E-state index contributed by atoms with van der Waals surface area (Å²) in [5, 5.41) is 0. The maximum Gasteiger partial charge on any atom is 0.311 e. The third-order valence-electron chi connectivity index (χ3n) is 5.63. The zero-order valence-electron chi connectivity index (χ0n) is 16.0. The molecule has 6 heteroatoms. The smallest absolute Gasteiger partial charge is 0.311 e. The zero-order valence-corrected chi connectivity index (χ0v) is 16.0. The molecule has 2 aromatic rings. The quantitative estimate of drug-likeness (QED) is 0.590. The number of hydrogen-bond donors (Lipinski definition) is 0. The fourth-order valence-corrected chi connectivity index (χ4v) is 4.28. The van der Waals surface area contributed by atoms with Gasteiger partial charge >= 0.3 is 5.97 Å². The van der Waals surface area contributed by atoms with Gasteiger partial charge in [-0.3, -0.25) is 14.4 Å². The lowest BCUT2D eigenvalue weighted by atomic mass is 9.91. The predicted octanol–water partition coefficient (Wildman–Crippen LogP) is 2.62. The van der Waals surface area contributed by atoms with Gasteiger partial charge in [0.2, 0.25) is 11.8 Å². The Morgan fingerprint density at radius 3 is 2.50 bits per heavy atom. The van der Waals surface area contributed by atoms with E-state index in [1.165, 1.54) is 12.0 Å². The molecule has 3 unspecified atom stereocenters. The van der Waals surface area contributed by atoms with Gasteiger partial charge in [0.15, 0.2) is 0 Å². The van der Waals surface area contributed by atoms with Crippen LogP contribution in [-0.2, 0) is 24.5 Å². The van der Waals surface area contributed by atoms with Gasteiger partial charge in [0.1, 0.15) is 11.2 Å². The fraction of sp³-hybridized carbons (Fsp3) is 0.318. The number of aryl methyl sites for hydroxylation is 1. The Labute approximate surface area is 163 Å². The van der Waals surface area contributed by atoms with E-state index in [2.05, 4.69) is 0 Å². The molecule has 0 N–H and O–H groups in total. The van der Waals surface area contributed by atoms with Gasteiger partial charge in [-0.25, -0.2) is 4.90 Å². The number of carbonyl (C=O) groups excluding carboxylic acids is 3. The molecule has 3 atom stereocenters. The van der Waals surface area contributed by atoms with Gasteiger partial charge < -0.3 is 9.47 Å². The molecular formula is C22H21NO5. The van der Waals surface area contributed by atoms with Gasteiger partial charge in [-0.05, 0) is 31.5 Å². The molecule has 2 aliphatic rings. The Bertz CT molecular complexity index is 967. The number of amides is 2. The summed E-state index contributed by atoms with van der Waals surface area (Å²) in [7, 11) is 1.52. The van der Waals surface area contributed by atoms with Crippen LogP contribution in [-0.4, -0.2) is 31.5 Å². The third-order valence-corrected chi connectivity index (χ3v) is 5.63. The minimum atomic E-state index is -1.19. The Kier molecular flexibility index (Phi) is 4.22. The van der Waals surface area contributed by atoms with Crippen molar-refractivity contribution in [3.05, 3.63) is 59.7 Å². The maximum absolute atomic E-state index is 13.5. The Morgan fingerprint density at radius 1 is 1.14 bits per heavy atom. The van der Waals surface area contributed by atoms with E-state index in [1.807, 2.05) is 31.2 Å². The van der Waals surface area contributed by atoms with E-state index in [4.69, 9.17) is 9.47 Å². The third kappa shape index (κ3) is 2.37. The number of benzene rings is 2. The average molecular weight is 379 g/mol. The van der Waals surface area contributed by atoms with Crippen LogP contribution in [0.1, 0.15) is 18.1 Å². The number of ether oxygens (including phenoxy) is 2. The molecule has 1 saturated heterocycles. The minimum Gasteiger partial charge on any atom is -0.497 e. The lowest BCUT2D eigenvalue weighted by molar-refractivity contribution is -0.147. The minimum absolute atomic E-state index is 0.202. The van der Waals surface area contributed by atoms with Crippen molar-refractivity contribution in [1.29, 1.82) is 0 Å². The highest BCUT2D eigenvalue weighted by Gasteiger charge is 2.83. The van der Waals surface area contributed by atoms with Crippen molar-refractivity contribution in [2.75, 3.05) is 18.6 Å². The molecule has 2 aromatic carbocycles. The first-order chi connectivity index (χ1) is 13.5. The second-order valence-corrected chi connectivity index (χ2v) is 7.12. The summed E-state index contributed by atoms with van der Waals surface area (Å²) in [5.74, 6) is -2.25. The molecule has 4 rings (SSSR count). The summed E-state index contributed by atoms with van der Waals surface area (Å²) in [6, 6.07) is 14.2. The summed E-state index contributed by atoms with van der Waals surface area (Å²) in [6.45, 7) is 3.85. The van der Waals surface area contributed by atoms with Crippen LogP contribution < -0.4 is 9.64 Å². The standard InChI is InChI=1S/C22H21NO5/c1-4-28-20(25)18-17-19(24)23(15-6-5-7-16(12-15)27-3)21(26)22(17,18)14-10-8-13(2)9-11-14/h5-12,17-18H,4H2,1-3H3. The molecule has 2 fully saturated rings. The van der Waals surface area contributed by atoms with Crippen molar-refractivity contribution in [3.8, 4) is 5.75 Å². The summed E-state index contributed by atoms with van der Waals surface area (Å²) in [4.78, 5) is 40.4. The van der Waals surface area contributed by atoms with Crippen LogP contribution in [0, 0.1) is 18.8 Å². The normalized spacial score (nSPS) is 25.5. The number of rotatable bonds is 5. The monoisotopic (exact) mass is 379 g/mol. The van der Waals surface area contributed by atoms with E-state index < -0.39 is 29.1 Å². The highest BCUT2D eigenvalue weighted by molar-refractivity contribution is 6.31. The lowest BCUT2D eigenvalue weighted by Crippen LogP contribution is -2.40. The van der Waals surface area contributed by atoms with E-state index in [1.54, 1.807) is 31.2 Å². The number of imide groups is 1. The number of piperidine rings is 1. The summed E-state index contributed by atoms with van der Waals surface area (Å²) >= 11 is 0. The van der Waals surface area contributed by atoms with Gasteiger partial charge in [-0.2, -0.15) is 0 Å². The molecular weight excluding hydrogens is 358 g/mol. The molecule has 1 saturated carbocycles. The van der Waals surface area contributed by atoms with Crippen molar-refractivity contribution in [2.45, 2.75) is 19.3 Å². The van der Waals surface area contributed by atoms with E-state index in [9.17, 15) is 14.4 Å². The lowest BCUT2D eigenvalue weighted by Gasteiger charge is -2.22. The zero-order chi connectivity index (χ0) is 20.1. The van der Waals surface area contributed by atoms with Crippen LogP contribution in [0.2, 0.25) is 0 Å². The molecule has 1 aliphatic carbocycles. The number of hydrogen-bond acceptors (Lipinski definition) is 5. The number of fused-ring (bicyclic) bond motifs is 1. The van der Waals surface area contributed by atoms with Crippen molar-refractivity contribution in [3.63, 3.8) is 0 Å². The Balaban J connectivity index is 1.80. The van der Waals surface area contributed by atoms with Crippen LogP contribution in [0.5, 0.6) is 5.75 Å². The van der Waals surface area contributed by atoms with E-state index in [0.717, 1.165) is 5.56 Å². The summed E-state index contributed by atoms with van der Waals surface area (Å²) in [5.41, 5.74) is 0.951. The number of methoxy groups -OCH3 is 1. The topological polar surface area (TPSA) is 72.9 Å². The number of nitrogens with zero attached hydrogens (tertiary/aromatic N) is 1. The highest BCUT2D eigenvalue weighted by atomic mass is 16.5. The Morgan fingerprint density at radius 2 is 1.86 bits per heavy atom. The Hall–Kier alpha value is -3.15.